The number of aromatic nitrogens is 1. The lowest BCUT2D eigenvalue weighted by Crippen LogP contribution is -2.27. The Morgan fingerprint density at radius 3 is 2.52 bits per heavy atom. The molecule has 6 heteroatoms. The van der Waals surface area contributed by atoms with Gasteiger partial charge in [0.15, 0.2) is 0 Å². The van der Waals surface area contributed by atoms with Crippen LogP contribution < -0.4 is 4.90 Å². The van der Waals surface area contributed by atoms with Gasteiger partial charge in [-0.05, 0) is 36.6 Å². The van der Waals surface area contributed by atoms with Gasteiger partial charge in [-0.25, -0.2) is 0 Å². The van der Waals surface area contributed by atoms with Crippen molar-refractivity contribution in [1.29, 1.82) is 0 Å². The Morgan fingerprint density at radius 2 is 1.88 bits per heavy atom. The third-order valence-electron chi connectivity index (χ3n) is 4.24. The van der Waals surface area contributed by atoms with Crippen LogP contribution in [0.3, 0.4) is 0 Å². The minimum atomic E-state index is -0.333. The van der Waals surface area contributed by atoms with Crippen LogP contribution in [0.15, 0.2) is 53.4 Å². The fourth-order valence-electron chi connectivity index (χ4n) is 2.77. The Balaban J connectivity index is 2.22. The lowest BCUT2D eigenvalue weighted by atomic mass is 10.1. The second-order valence-electron chi connectivity index (χ2n) is 5.67. The largest absolute Gasteiger partial charge is 0.506 e. The number of hydrogen-bond acceptors (Lipinski definition) is 4. The Labute approximate surface area is 155 Å². The van der Waals surface area contributed by atoms with Crippen LogP contribution in [0, 0.1) is 4.64 Å². The Hall–Kier alpha value is -2.31. The number of amides is 1. The van der Waals surface area contributed by atoms with Crippen LogP contribution in [-0.2, 0) is 7.05 Å². The first-order valence-corrected chi connectivity index (χ1v) is 9.31. The summed E-state index contributed by atoms with van der Waals surface area (Å²) in [6.45, 7) is 0. The maximum Gasteiger partial charge on any atom is 0.264 e. The molecule has 25 heavy (non-hydrogen) atoms. The van der Waals surface area contributed by atoms with Gasteiger partial charge in [0, 0.05) is 30.1 Å². The molecular weight excluding hydrogens is 352 g/mol. The summed E-state index contributed by atoms with van der Waals surface area (Å²) >= 11 is 7.04. The number of benzene rings is 2. The van der Waals surface area contributed by atoms with Crippen LogP contribution in [0.5, 0.6) is 5.75 Å². The zero-order valence-electron chi connectivity index (χ0n) is 14.2. The number of carbonyl (C=O) groups is 1. The predicted octanol–water partition coefficient (Wildman–Crippen LogP) is 4.61. The summed E-state index contributed by atoms with van der Waals surface area (Å²) < 4.78 is 2.08. The lowest BCUT2D eigenvalue weighted by Gasteiger charge is -2.20. The van der Waals surface area contributed by atoms with Gasteiger partial charge >= 0.3 is 0 Å². The van der Waals surface area contributed by atoms with E-state index in [2.05, 4.69) is 0 Å². The van der Waals surface area contributed by atoms with E-state index < -0.39 is 0 Å². The Bertz CT molecular complexity index is 1010. The maximum absolute atomic E-state index is 13.0. The van der Waals surface area contributed by atoms with E-state index >= 15 is 0 Å². The Kier molecular flexibility index (Phi) is 4.83. The van der Waals surface area contributed by atoms with Crippen LogP contribution in [0.25, 0.3) is 10.9 Å². The number of anilines is 1. The fourth-order valence-corrected chi connectivity index (χ4v) is 3.49. The van der Waals surface area contributed by atoms with Crippen molar-refractivity contribution in [3.8, 4) is 5.75 Å². The molecule has 1 aromatic heterocycles. The summed E-state index contributed by atoms with van der Waals surface area (Å²) in [4.78, 5) is 15.5. The molecule has 0 saturated heterocycles. The highest BCUT2D eigenvalue weighted by molar-refractivity contribution is 7.98. The number of hydrogen-bond donors (Lipinski definition) is 1. The maximum atomic E-state index is 13.0. The molecule has 1 heterocycles. The predicted molar refractivity (Wildman–Crippen MR) is 106 cm³/mol. The van der Waals surface area contributed by atoms with Gasteiger partial charge in [-0.3, -0.25) is 4.79 Å². The van der Waals surface area contributed by atoms with E-state index in [9.17, 15) is 9.90 Å². The zero-order valence-corrected chi connectivity index (χ0v) is 15.8. The van der Waals surface area contributed by atoms with Gasteiger partial charge in [-0.15, -0.1) is 11.8 Å². The summed E-state index contributed by atoms with van der Waals surface area (Å²) in [6, 6.07) is 15.0. The number of nitrogens with zero attached hydrogens (tertiary/aromatic N) is 2. The smallest absolute Gasteiger partial charge is 0.264 e. The topological polar surface area (TPSA) is 45.5 Å². The molecule has 0 spiro atoms. The molecule has 2 aromatic carbocycles. The SMILES string of the molecule is CSc1ccc2c(c1)c(O)c(C(=O)N(C)c1ccccc1)c(=S)n2C. The standard InChI is InChI=1S/C19H18N2O2S2/c1-20(12-7-5-4-6-8-12)18(23)16-17(22)14-11-13(25-3)9-10-15(14)21(2)19(16)24/h4-11,22H,1-3H3. The molecule has 0 saturated carbocycles. The molecule has 0 aliphatic heterocycles. The summed E-state index contributed by atoms with van der Waals surface area (Å²) in [6.07, 6.45) is 1.97. The first-order valence-electron chi connectivity index (χ1n) is 7.68. The van der Waals surface area contributed by atoms with E-state index in [1.165, 1.54) is 4.90 Å². The van der Waals surface area contributed by atoms with E-state index in [1.54, 1.807) is 23.4 Å². The van der Waals surface area contributed by atoms with Crippen molar-refractivity contribution in [2.75, 3.05) is 18.2 Å². The van der Waals surface area contributed by atoms with Crippen LogP contribution in [0.4, 0.5) is 5.69 Å². The lowest BCUT2D eigenvalue weighted by molar-refractivity contribution is 0.0989. The number of pyridine rings is 1. The van der Waals surface area contributed by atoms with Crippen molar-refractivity contribution in [1.82, 2.24) is 4.57 Å². The quantitative estimate of drug-likeness (QED) is 0.540. The molecule has 128 valence electrons. The van der Waals surface area contributed by atoms with Crippen LogP contribution in [0.1, 0.15) is 10.4 Å². The molecular formula is C19H18N2O2S2. The molecule has 0 radical (unpaired) electrons. The number of aromatic hydroxyl groups is 1. The number of thioether (sulfide) groups is 1. The van der Waals surface area contributed by atoms with E-state index in [0.29, 0.717) is 10.0 Å². The Morgan fingerprint density at radius 1 is 1.20 bits per heavy atom. The van der Waals surface area contributed by atoms with E-state index in [0.717, 1.165) is 16.1 Å². The normalized spacial score (nSPS) is 10.8. The van der Waals surface area contributed by atoms with Crippen LogP contribution in [0.2, 0.25) is 0 Å². The van der Waals surface area contributed by atoms with Crippen molar-refractivity contribution in [2.24, 2.45) is 7.05 Å². The van der Waals surface area contributed by atoms with Crippen LogP contribution in [-0.4, -0.2) is 28.9 Å². The molecule has 0 aliphatic rings. The van der Waals surface area contributed by atoms with Crippen molar-refractivity contribution in [2.45, 2.75) is 4.90 Å². The van der Waals surface area contributed by atoms with Crippen molar-refractivity contribution in [3.05, 3.63) is 58.7 Å². The first kappa shape index (κ1) is 17.5. The molecule has 4 nitrogen and oxygen atoms in total. The third kappa shape index (κ3) is 3.03. The highest BCUT2D eigenvalue weighted by Crippen LogP contribution is 2.33. The molecule has 0 atom stereocenters. The summed E-state index contributed by atoms with van der Waals surface area (Å²) in [5.41, 5.74) is 1.68. The van der Waals surface area contributed by atoms with E-state index in [4.69, 9.17) is 12.2 Å². The molecule has 0 aliphatic carbocycles. The number of para-hydroxylation sites is 1. The highest BCUT2D eigenvalue weighted by atomic mass is 32.2. The van der Waals surface area contributed by atoms with Gasteiger partial charge in [0.2, 0.25) is 0 Å². The van der Waals surface area contributed by atoms with E-state index in [1.807, 2.05) is 61.8 Å². The van der Waals surface area contributed by atoms with Gasteiger partial charge in [0.1, 0.15) is 16.0 Å². The minimum Gasteiger partial charge on any atom is -0.506 e. The molecule has 3 aromatic rings. The average molecular weight is 370 g/mol. The third-order valence-corrected chi connectivity index (χ3v) is 5.44. The number of carbonyl (C=O) groups excluding carboxylic acids is 1. The average Bonchev–Trinajstić information content (AvgIpc) is 2.65. The van der Waals surface area contributed by atoms with Gasteiger partial charge in [0.05, 0.1) is 5.52 Å². The van der Waals surface area contributed by atoms with Gasteiger partial charge in [0.25, 0.3) is 5.91 Å². The second kappa shape index (κ2) is 6.90. The van der Waals surface area contributed by atoms with Crippen molar-refractivity contribution >= 4 is 46.5 Å². The first-order chi connectivity index (χ1) is 12.0. The van der Waals surface area contributed by atoms with Gasteiger partial charge in [-0.2, -0.15) is 0 Å². The molecule has 1 N–H and O–H groups in total. The summed E-state index contributed by atoms with van der Waals surface area (Å²) in [5, 5.41) is 11.4. The minimum absolute atomic E-state index is 0.0678. The monoisotopic (exact) mass is 370 g/mol. The molecule has 0 bridgehead atoms. The second-order valence-corrected chi connectivity index (χ2v) is 6.94. The van der Waals surface area contributed by atoms with Gasteiger partial charge < -0.3 is 14.6 Å². The molecule has 0 unspecified atom stereocenters. The van der Waals surface area contributed by atoms with E-state index in [-0.39, 0.29) is 17.2 Å². The fraction of sp³-hybridized carbons (Fsp3) is 0.158. The highest BCUT2D eigenvalue weighted by Gasteiger charge is 2.22. The molecule has 0 fully saturated rings. The molecule has 1 amide bonds. The molecule has 3 rings (SSSR count). The summed E-state index contributed by atoms with van der Waals surface area (Å²) in [5.74, 6) is -0.400. The number of rotatable bonds is 3. The van der Waals surface area contributed by atoms with Crippen molar-refractivity contribution < 1.29 is 9.90 Å². The van der Waals surface area contributed by atoms with Crippen LogP contribution >= 0.6 is 24.0 Å². The number of fused-ring (bicyclic) bond motifs is 1. The van der Waals surface area contributed by atoms with Gasteiger partial charge in [-0.1, -0.05) is 30.4 Å². The van der Waals surface area contributed by atoms with Crippen molar-refractivity contribution in [3.63, 3.8) is 0 Å². The summed E-state index contributed by atoms with van der Waals surface area (Å²) in [7, 11) is 3.48. The zero-order chi connectivity index (χ0) is 18.1. The number of aryl methyl sites for hydroxylation is 1.